The normalized spacial score (nSPS) is 23.2. The van der Waals surface area contributed by atoms with E-state index in [1.165, 1.54) is 16.3 Å². The molecule has 2 aromatic carbocycles. The molecule has 1 saturated heterocycles. The second-order valence-electron chi connectivity index (χ2n) is 5.96. The zero-order valence-electron chi connectivity index (χ0n) is 11.7. The number of rotatable bonds is 3. The number of aliphatic carboxylic acids is 1. The Hall–Kier alpha value is -1.87. The van der Waals surface area contributed by atoms with E-state index in [1.807, 2.05) is 13.0 Å². The Morgan fingerprint density at radius 1 is 1.25 bits per heavy atom. The van der Waals surface area contributed by atoms with E-state index < -0.39 is 11.4 Å². The van der Waals surface area contributed by atoms with Crippen molar-refractivity contribution in [3.63, 3.8) is 0 Å². The van der Waals surface area contributed by atoms with E-state index in [-0.39, 0.29) is 0 Å². The molecule has 1 N–H and O–H groups in total. The Morgan fingerprint density at radius 2 is 2.00 bits per heavy atom. The van der Waals surface area contributed by atoms with Crippen LogP contribution in [0.1, 0.15) is 18.9 Å². The fourth-order valence-electron chi connectivity index (χ4n) is 3.04. The van der Waals surface area contributed by atoms with Crippen molar-refractivity contribution in [3.8, 4) is 0 Å². The van der Waals surface area contributed by atoms with E-state index >= 15 is 0 Å². The lowest BCUT2D eigenvalue weighted by Gasteiger charge is -2.20. The van der Waals surface area contributed by atoms with Gasteiger partial charge in [-0.15, -0.1) is 0 Å². The van der Waals surface area contributed by atoms with Crippen molar-refractivity contribution in [2.75, 3.05) is 13.1 Å². The van der Waals surface area contributed by atoms with Crippen LogP contribution in [0.2, 0.25) is 0 Å². The van der Waals surface area contributed by atoms with Gasteiger partial charge in [0.1, 0.15) is 0 Å². The summed E-state index contributed by atoms with van der Waals surface area (Å²) in [5.41, 5.74) is 0.683. The molecule has 0 bridgehead atoms. The minimum atomic E-state index is -0.682. The summed E-state index contributed by atoms with van der Waals surface area (Å²) in [7, 11) is 0. The van der Waals surface area contributed by atoms with E-state index in [1.54, 1.807) is 0 Å². The lowest BCUT2D eigenvalue weighted by Crippen LogP contribution is -2.31. The first-order valence-corrected chi connectivity index (χ1v) is 7.01. The van der Waals surface area contributed by atoms with Crippen molar-refractivity contribution in [3.05, 3.63) is 48.0 Å². The maximum atomic E-state index is 11.3. The number of carbonyl (C=O) groups is 1. The molecule has 0 spiro atoms. The monoisotopic (exact) mass is 269 g/mol. The Balaban J connectivity index is 1.83. The number of likely N-dealkylation sites (tertiary alicyclic amines) is 1. The van der Waals surface area contributed by atoms with Gasteiger partial charge < -0.3 is 5.11 Å². The largest absolute Gasteiger partial charge is 0.481 e. The van der Waals surface area contributed by atoms with Crippen LogP contribution in [-0.2, 0) is 11.3 Å². The molecule has 0 aliphatic carbocycles. The van der Waals surface area contributed by atoms with E-state index in [0.717, 1.165) is 19.5 Å². The predicted octanol–water partition coefficient (Wildman–Crippen LogP) is 3.14. The molecule has 3 rings (SSSR count). The van der Waals surface area contributed by atoms with Crippen molar-refractivity contribution in [1.29, 1.82) is 0 Å². The second kappa shape index (κ2) is 4.91. The summed E-state index contributed by atoms with van der Waals surface area (Å²) in [6.45, 7) is 4.15. The molecule has 0 saturated carbocycles. The van der Waals surface area contributed by atoms with Gasteiger partial charge in [0.05, 0.1) is 5.41 Å². The van der Waals surface area contributed by atoms with Gasteiger partial charge in [0, 0.05) is 13.1 Å². The number of hydrogen-bond acceptors (Lipinski definition) is 2. The average Bonchev–Trinajstić information content (AvgIpc) is 2.82. The Morgan fingerprint density at radius 3 is 2.75 bits per heavy atom. The predicted molar refractivity (Wildman–Crippen MR) is 79.6 cm³/mol. The minimum Gasteiger partial charge on any atom is -0.481 e. The highest BCUT2D eigenvalue weighted by Crippen LogP contribution is 2.31. The first-order valence-electron chi connectivity index (χ1n) is 7.01. The highest BCUT2D eigenvalue weighted by molar-refractivity contribution is 5.85. The van der Waals surface area contributed by atoms with Crippen molar-refractivity contribution >= 4 is 16.7 Å². The third kappa shape index (κ3) is 2.29. The molecular formula is C17H19NO2. The van der Waals surface area contributed by atoms with Gasteiger partial charge in [0.15, 0.2) is 0 Å². The molecule has 1 aliphatic heterocycles. The number of carboxylic acids is 1. The van der Waals surface area contributed by atoms with Crippen LogP contribution in [0.15, 0.2) is 42.5 Å². The molecule has 1 aliphatic rings. The molecule has 2 aromatic rings. The summed E-state index contributed by atoms with van der Waals surface area (Å²) in [6.07, 6.45) is 0.729. The zero-order valence-corrected chi connectivity index (χ0v) is 11.7. The number of hydrogen-bond donors (Lipinski definition) is 1. The summed E-state index contributed by atoms with van der Waals surface area (Å²) >= 11 is 0. The van der Waals surface area contributed by atoms with Crippen LogP contribution >= 0.6 is 0 Å². The summed E-state index contributed by atoms with van der Waals surface area (Å²) in [5.74, 6) is -0.682. The quantitative estimate of drug-likeness (QED) is 0.930. The molecule has 0 radical (unpaired) electrons. The van der Waals surface area contributed by atoms with Crippen molar-refractivity contribution < 1.29 is 9.90 Å². The number of benzene rings is 2. The summed E-state index contributed by atoms with van der Waals surface area (Å²) < 4.78 is 0. The van der Waals surface area contributed by atoms with Gasteiger partial charge in [0.2, 0.25) is 0 Å². The maximum absolute atomic E-state index is 11.3. The molecule has 1 fully saturated rings. The third-order valence-corrected chi connectivity index (χ3v) is 4.34. The van der Waals surface area contributed by atoms with Crippen LogP contribution in [0, 0.1) is 5.41 Å². The van der Waals surface area contributed by atoms with E-state index in [2.05, 4.69) is 41.3 Å². The van der Waals surface area contributed by atoms with Gasteiger partial charge in [-0.3, -0.25) is 9.69 Å². The average molecular weight is 269 g/mol. The summed E-state index contributed by atoms with van der Waals surface area (Å²) in [6, 6.07) is 14.7. The zero-order chi connectivity index (χ0) is 14.2. The molecule has 1 unspecified atom stereocenters. The van der Waals surface area contributed by atoms with Crippen molar-refractivity contribution in [2.24, 2.45) is 5.41 Å². The minimum absolute atomic E-state index is 0.593. The van der Waals surface area contributed by atoms with E-state index in [0.29, 0.717) is 6.54 Å². The molecule has 104 valence electrons. The van der Waals surface area contributed by atoms with Crippen LogP contribution < -0.4 is 0 Å². The van der Waals surface area contributed by atoms with Crippen LogP contribution in [-0.4, -0.2) is 29.1 Å². The lowest BCUT2D eigenvalue weighted by atomic mass is 9.90. The molecule has 1 atom stereocenters. The van der Waals surface area contributed by atoms with Gasteiger partial charge in [-0.25, -0.2) is 0 Å². The molecule has 3 nitrogen and oxygen atoms in total. The Labute approximate surface area is 118 Å². The summed E-state index contributed by atoms with van der Waals surface area (Å²) in [5, 5.41) is 11.8. The van der Waals surface area contributed by atoms with Crippen LogP contribution in [0.5, 0.6) is 0 Å². The Bertz CT molecular complexity index is 647. The third-order valence-electron chi connectivity index (χ3n) is 4.34. The number of carboxylic acid groups (broad SMARTS) is 1. The van der Waals surface area contributed by atoms with Gasteiger partial charge >= 0.3 is 5.97 Å². The number of nitrogens with zero attached hydrogens (tertiary/aromatic N) is 1. The molecule has 0 aromatic heterocycles. The van der Waals surface area contributed by atoms with Crippen molar-refractivity contribution in [2.45, 2.75) is 19.9 Å². The fourth-order valence-corrected chi connectivity index (χ4v) is 3.04. The van der Waals surface area contributed by atoms with Crippen molar-refractivity contribution in [1.82, 2.24) is 4.90 Å². The second-order valence-corrected chi connectivity index (χ2v) is 5.96. The number of fused-ring (bicyclic) bond motifs is 1. The van der Waals surface area contributed by atoms with Gasteiger partial charge in [-0.1, -0.05) is 42.5 Å². The standard InChI is InChI=1S/C17H19NO2/c1-17(16(19)20)9-10-18(12-17)11-14-7-4-6-13-5-2-3-8-15(13)14/h2-8H,9-12H2,1H3,(H,19,20). The lowest BCUT2D eigenvalue weighted by molar-refractivity contribution is -0.147. The first kappa shape index (κ1) is 13.1. The first-order chi connectivity index (χ1) is 9.58. The van der Waals surface area contributed by atoms with Gasteiger partial charge in [-0.2, -0.15) is 0 Å². The highest BCUT2D eigenvalue weighted by atomic mass is 16.4. The molecule has 1 heterocycles. The molecule has 20 heavy (non-hydrogen) atoms. The SMILES string of the molecule is CC1(C(=O)O)CCN(Cc2cccc3ccccc23)C1. The summed E-state index contributed by atoms with van der Waals surface area (Å²) in [4.78, 5) is 13.6. The highest BCUT2D eigenvalue weighted by Gasteiger charge is 2.40. The van der Waals surface area contributed by atoms with E-state index in [9.17, 15) is 9.90 Å². The molecule has 0 amide bonds. The van der Waals surface area contributed by atoms with E-state index in [4.69, 9.17) is 0 Å². The van der Waals surface area contributed by atoms with Gasteiger partial charge in [0.25, 0.3) is 0 Å². The smallest absolute Gasteiger partial charge is 0.310 e. The molecular weight excluding hydrogens is 250 g/mol. The van der Waals surface area contributed by atoms with Crippen LogP contribution in [0.4, 0.5) is 0 Å². The Kier molecular flexibility index (Phi) is 3.22. The maximum Gasteiger partial charge on any atom is 0.310 e. The van der Waals surface area contributed by atoms with Crippen LogP contribution in [0.25, 0.3) is 10.8 Å². The molecule has 3 heteroatoms. The fraction of sp³-hybridized carbons (Fsp3) is 0.353. The van der Waals surface area contributed by atoms with Crippen LogP contribution in [0.3, 0.4) is 0 Å². The van der Waals surface area contributed by atoms with Gasteiger partial charge in [-0.05, 0) is 36.2 Å². The topological polar surface area (TPSA) is 40.5 Å².